The Labute approximate surface area is 133 Å². The molecule has 128 valence electrons. The molecule has 1 amide bonds. The number of rotatable bonds is 3. The van der Waals surface area contributed by atoms with Gasteiger partial charge >= 0.3 is 6.18 Å². The highest BCUT2D eigenvalue weighted by atomic mass is 32.2. The van der Waals surface area contributed by atoms with Crippen LogP contribution in [0.15, 0.2) is 0 Å². The van der Waals surface area contributed by atoms with E-state index in [-0.39, 0.29) is 24.8 Å². The fraction of sp³-hybridized carbons (Fsp3) is 0.929. The van der Waals surface area contributed by atoms with Gasteiger partial charge in [-0.25, -0.2) is 0 Å². The monoisotopic (exact) mass is 340 g/mol. The molecule has 0 saturated carbocycles. The molecule has 0 radical (unpaired) electrons. The minimum absolute atomic E-state index is 0.00755. The molecule has 0 aliphatic carbocycles. The molecule has 8 heteroatoms. The summed E-state index contributed by atoms with van der Waals surface area (Å²) in [6, 6.07) is -0.218. The molecule has 0 bridgehead atoms. The Bertz CT molecular complexity index is 381. The molecule has 0 aromatic rings. The molecule has 2 saturated heterocycles. The summed E-state index contributed by atoms with van der Waals surface area (Å²) in [5, 5.41) is 9.31. The molecule has 0 aromatic heterocycles. The first-order valence-electron chi connectivity index (χ1n) is 7.66. The number of carbonyl (C=O) groups excluding carboxylic acids is 1. The molecule has 2 aliphatic rings. The smallest absolute Gasteiger partial charge is 0.383 e. The van der Waals surface area contributed by atoms with Crippen molar-refractivity contribution in [3.05, 3.63) is 0 Å². The second-order valence-electron chi connectivity index (χ2n) is 5.97. The average molecular weight is 340 g/mol. The van der Waals surface area contributed by atoms with Crippen molar-refractivity contribution in [3.8, 4) is 0 Å². The van der Waals surface area contributed by atoms with E-state index in [4.69, 9.17) is 0 Å². The maximum absolute atomic E-state index is 12.5. The van der Waals surface area contributed by atoms with Crippen LogP contribution in [-0.2, 0) is 4.79 Å². The van der Waals surface area contributed by atoms with Gasteiger partial charge in [-0.3, -0.25) is 9.69 Å². The van der Waals surface area contributed by atoms with Gasteiger partial charge < -0.3 is 10.0 Å². The quantitative estimate of drug-likeness (QED) is 0.847. The average Bonchev–Trinajstić information content (AvgIpc) is 2.53. The van der Waals surface area contributed by atoms with Gasteiger partial charge in [-0.1, -0.05) is 0 Å². The van der Waals surface area contributed by atoms with Gasteiger partial charge in [0.1, 0.15) is 0 Å². The van der Waals surface area contributed by atoms with Crippen LogP contribution < -0.4 is 0 Å². The molecule has 2 rings (SSSR count). The number of alkyl halides is 3. The Morgan fingerprint density at radius 2 is 1.73 bits per heavy atom. The summed E-state index contributed by atoms with van der Waals surface area (Å²) in [5.74, 6) is 1.21. The lowest BCUT2D eigenvalue weighted by molar-refractivity contribution is -0.223. The molecule has 2 heterocycles. The normalized spacial score (nSPS) is 25.0. The van der Waals surface area contributed by atoms with Crippen LogP contribution in [0.3, 0.4) is 0 Å². The van der Waals surface area contributed by atoms with Crippen LogP contribution in [0.25, 0.3) is 0 Å². The maximum atomic E-state index is 12.5. The first-order chi connectivity index (χ1) is 10.3. The van der Waals surface area contributed by atoms with Crippen molar-refractivity contribution in [2.75, 3.05) is 37.7 Å². The van der Waals surface area contributed by atoms with Crippen LogP contribution in [0.2, 0.25) is 0 Å². The van der Waals surface area contributed by atoms with Gasteiger partial charge in [0.2, 0.25) is 5.91 Å². The number of aliphatic hydroxyl groups excluding tert-OH is 1. The molecule has 0 aromatic carbocycles. The summed E-state index contributed by atoms with van der Waals surface area (Å²) >= 11 is 1.87. The topological polar surface area (TPSA) is 43.8 Å². The zero-order valence-electron chi connectivity index (χ0n) is 12.7. The molecular weight excluding hydrogens is 317 g/mol. The van der Waals surface area contributed by atoms with E-state index in [0.29, 0.717) is 13.1 Å². The highest BCUT2D eigenvalue weighted by Gasteiger charge is 2.44. The molecule has 2 aliphatic heterocycles. The van der Waals surface area contributed by atoms with Crippen molar-refractivity contribution < 1.29 is 23.1 Å². The van der Waals surface area contributed by atoms with E-state index in [9.17, 15) is 23.1 Å². The van der Waals surface area contributed by atoms with E-state index in [1.807, 2.05) is 18.7 Å². The van der Waals surface area contributed by atoms with E-state index >= 15 is 0 Å². The summed E-state index contributed by atoms with van der Waals surface area (Å²) in [7, 11) is 0. The van der Waals surface area contributed by atoms with Gasteiger partial charge in [0.05, 0.1) is 6.04 Å². The van der Waals surface area contributed by atoms with Crippen LogP contribution >= 0.6 is 11.8 Å². The molecule has 22 heavy (non-hydrogen) atoms. The molecule has 2 fully saturated rings. The predicted octanol–water partition coefficient (Wildman–Crippen LogP) is 1.59. The number of nitrogens with zero attached hydrogens (tertiary/aromatic N) is 2. The van der Waals surface area contributed by atoms with Crippen molar-refractivity contribution >= 4 is 17.7 Å². The summed E-state index contributed by atoms with van der Waals surface area (Å²) in [5.41, 5.74) is 0. The SMILES string of the molecule is CC(C(=O)N1CCC(C(O)C(F)(F)F)CC1)N1CCSCC1. The lowest BCUT2D eigenvalue weighted by atomic mass is 9.90. The number of halogens is 3. The third kappa shape index (κ3) is 4.29. The summed E-state index contributed by atoms with van der Waals surface area (Å²) in [6.45, 7) is 4.21. The number of aliphatic hydroxyl groups is 1. The lowest BCUT2D eigenvalue weighted by Gasteiger charge is -2.38. The van der Waals surface area contributed by atoms with Crippen LogP contribution in [0.5, 0.6) is 0 Å². The Morgan fingerprint density at radius 1 is 1.18 bits per heavy atom. The molecule has 0 spiro atoms. The van der Waals surface area contributed by atoms with Crippen molar-refractivity contribution in [1.29, 1.82) is 0 Å². The van der Waals surface area contributed by atoms with Crippen LogP contribution in [-0.4, -0.2) is 76.8 Å². The fourth-order valence-corrected chi connectivity index (χ4v) is 4.02. The number of hydrogen-bond donors (Lipinski definition) is 1. The van der Waals surface area contributed by atoms with E-state index in [2.05, 4.69) is 4.90 Å². The lowest BCUT2D eigenvalue weighted by Crippen LogP contribution is -2.52. The molecule has 4 nitrogen and oxygen atoms in total. The van der Waals surface area contributed by atoms with Crippen molar-refractivity contribution in [2.24, 2.45) is 5.92 Å². The van der Waals surface area contributed by atoms with Crippen molar-refractivity contribution in [2.45, 2.75) is 38.1 Å². The number of amides is 1. The minimum atomic E-state index is -4.57. The van der Waals surface area contributed by atoms with Gasteiger partial charge in [-0.15, -0.1) is 0 Å². The van der Waals surface area contributed by atoms with Gasteiger partial charge in [0.15, 0.2) is 6.10 Å². The van der Waals surface area contributed by atoms with Crippen LogP contribution in [0.4, 0.5) is 13.2 Å². The van der Waals surface area contributed by atoms with Crippen molar-refractivity contribution in [3.63, 3.8) is 0 Å². The van der Waals surface area contributed by atoms with Crippen LogP contribution in [0, 0.1) is 5.92 Å². The maximum Gasteiger partial charge on any atom is 0.414 e. The number of piperidine rings is 1. The summed E-state index contributed by atoms with van der Waals surface area (Å²) in [6.07, 6.45) is -6.44. The number of thioether (sulfide) groups is 1. The minimum Gasteiger partial charge on any atom is -0.383 e. The standard InChI is InChI=1S/C14H23F3N2O2S/c1-10(18-6-8-22-9-7-18)13(21)19-4-2-11(3-5-19)12(20)14(15,16)17/h10-12,20H,2-9H2,1H3. The number of carbonyl (C=O) groups is 1. The van der Waals surface area contributed by atoms with Gasteiger partial charge in [0, 0.05) is 37.7 Å². The Morgan fingerprint density at radius 3 is 2.23 bits per heavy atom. The Hall–Kier alpha value is -0.470. The molecule has 1 N–H and O–H groups in total. The van der Waals surface area contributed by atoms with E-state index in [1.165, 1.54) is 0 Å². The molecule has 2 unspecified atom stereocenters. The van der Waals surface area contributed by atoms with Crippen LogP contribution in [0.1, 0.15) is 19.8 Å². The van der Waals surface area contributed by atoms with Gasteiger partial charge in [-0.05, 0) is 25.7 Å². The van der Waals surface area contributed by atoms with Gasteiger partial charge in [0.25, 0.3) is 0 Å². The third-order valence-corrected chi connectivity index (χ3v) is 5.53. The van der Waals surface area contributed by atoms with Crippen molar-refractivity contribution in [1.82, 2.24) is 9.80 Å². The zero-order chi connectivity index (χ0) is 16.3. The fourth-order valence-electron chi connectivity index (χ4n) is 3.09. The Balaban J connectivity index is 1.84. The largest absolute Gasteiger partial charge is 0.414 e. The van der Waals surface area contributed by atoms with E-state index in [0.717, 1.165) is 24.6 Å². The summed E-state index contributed by atoms with van der Waals surface area (Å²) in [4.78, 5) is 16.2. The van der Waals surface area contributed by atoms with E-state index < -0.39 is 18.2 Å². The second-order valence-corrected chi connectivity index (χ2v) is 7.20. The van der Waals surface area contributed by atoms with E-state index in [1.54, 1.807) is 4.90 Å². The molecular formula is C14H23F3N2O2S. The first-order valence-corrected chi connectivity index (χ1v) is 8.81. The third-order valence-electron chi connectivity index (χ3n) is 4.58. The highest BCUT2D eigenvalue weighted by Crippen LogP contribution is 2.31. The second kappa shape index (κ2) is 7.40. The first kappa shape index (κ1) is 17.9. The predicted molar refractivity (Wildman–Crippen MR) is 79.7 cm³/mol. The number of hydrogen-bond acceptors (Lipinski definition) is 4. The summed E-state index contributed by atoms with van der Waals surface area (Å²) < 4.78 is 37.6. The highest BCUT2D eigenvalue weighted by molar-refractivity contribution is 7.99. The Kier molecular flexibility index (Phi) is 6.01. The van der Waals surface area contributed by atoms with Gasteiger partial charge in [-0.2, -0.15) is 24.9 Å². The zero-order valence-corrected chi connectivity index (χ0v) is 13.5. The number of likely N-dealkylation sites (tertiary alicyclic amines) is 1. The molecule has 2 atom stereocenters.